The molecule has 1 saturated heterocycles. The van der Waals surface area contributed by atoms with E-state index in [0.717, 1.165) is 13.0 Å². The fourth-order valence-corrected chi connectivity index (χ4v) is 4.48. The second-order valence-corrected chi connectivity index (χ2v) is 8.02. The summed E-state index contributed by atoms with van der Waals surface area (Å²) in [5.74, 6) is 1.33. The van der Waals surface area contributed by atoms with Crippen LogP contribution in [0.15, 0.2) is 18.2 Å². The van der Waals surface area contributed by atoms with E-state index in [9.17, 15) is 0 Å². The van der Waals surface area contributed by atoms with Crippen molar-refractivity contribution in [2.24, 2.45) is 0 Å². The average molecular weight is 292 g/mol. The molecule has 0 radical (unpaired) electrons. The monoisotopic (exact) mass is 291 g/mol. The largest absolute Gasteiger partial charge is 0.312 e. The molecule has 0 saturated carbocycles. The first-order valence-electron chi connectivity index (χ1n) is 7.98. The fourth-order valence-electron chi connectivity index (χ4n) is 3.06. The molecule has 1 aliphatic rings. The van der Waals surface area contributed by atoms with Crippen molar-refractivity contribution in [1.82, 2.24) is 5.32 Å². The minimum absolute atomic E-state index is 0.411. The third-order valence-corrected chi connectivity index (χ3v) is 6.28. The highest BCUT2D eigenvalue weighted by Crippen LogP contribution is 2.41. The number of thioether (sulfide) groups is 1. The summed E-state index contributed by atoms with van der Waals surface area (Å²) in [7, 11) is 0. The Bertz CT molecular complexity index is 435. The Morgan fingerprint density at radius 1 is 1.30 bits per heavy atom. The van der Waals surface area contributed by atoms with Crippen molar-refractivity contribution in [3.63, 3.8) is 0 Å². The molecule has 1 N–H and O–H groups in total. The maximum absolute atomic E-state index is 3.81. The second kappa shape index (κ2) is 7.00. The number of aryl methyl sites for hydroxylation is 2. The molecule has 2 rings (SSSR count). The minimum atomic E-state index is 0.411. The summed E-state index contributed by atoms with van der Waals surface area (Å²) in [6.07, 6.45) is 5.09. The van der Waals surface area contributed by atoms with Gasteiger partial charge in [-0.1, -0.05) is 25.1 Å². The molecule has 2 unspecified atom stereocenters. The van der Waals surface area contributed by atoms with Crippen molar-refractivity contribution in [3.8, 4) is 0 Å². The quantitative estimate of drug-likeness (QED) is 0.828. The predicted octanol–water partition coefficient (Wildman–Crippen LogP) is 4.50. The van der Waals surface area contributed by atoms with Crippen LogP contribution in [0.25, 0.3) is 0 Å². The second-order valence-electron chi connectivity index (χ2n) is 6.39. The van der Waals surface area contributed by atoms with Gasteiger partial charge in [0, 0.05) is 10.8 Å². The van der Waals surface area contributed by atoms with Crippen molar-refractivity contribution >= 4 is 11.8 Å². The van der Waals surface area contributed by atoms with Gasteiger partial charge >= 0.3 is 0 Å². The highest BCUT2D eigenvalue weighted by Gasteiger charge is 2.37. The van der Waals surface area contributed by atoms with Gasteiger partial charge in [-0.15, -0.1) is 0 Å². The maximum atomic E-state index is 3.81. The molecule has 1 aromatic rings. The molecule has 1 aromatic carbocycles. The van der Waals surface area contributed by atoms with Crippen LogP contribution in [0.5, 0.6) is 0 Å². The zero-order valence-electron chi connectivity index (χ0n) is 13.5. The summed E-state index contributed by atoms with van der Waals surface area (Å²) in [5.41, 5.74) is 4.30. The van der Waals surface area contributed by atoms with Crippen LogP contribution in [0.2, 0.25) is 0 Å². The third-order valence-electron chi connectivity index (χ3n) is 4.64. The van der Waals surface area contributed by atoms with Crippen molar-refractivity contribution < 1.29 is 0 Å². The molecular formula is C18H29NS. The van der Waals surface area contributed by atoms with Crippen LogP contribution in [0, 0.1) is 13.8 Å². The number of nitrogens with one attached hydrogen (secondary N) is 1. The highest BCUT2D eigenvalue weighted by atomic mass is 32.2. The van der Waals surface area contributed by atoms with E-state index in [1.54, 1.807) is 0 Å². The van der Waals surface area contributed by atoms with Crippen LogP contribution in [0.4, 0.5) is 0 Å². The SMILES string of the molecule is CCCNC(Cc1ccc(C)c(C)c1)C1(C)CCCS1. The standard InChI is InChI=1S/C18H29NS/c1-5-10-19-17(18(4)9-6-11-20-18)13-16-8-7-14(2)15(3)12-16/h7-8,12,17,19H,5-6,9-11,13H2,1-4H3. The Morgan fingerprint density at radius 2 is 2.10 bits per heavy atom. The molecule has 20 heavy (non-hydrogen) atoms. The predicted molar refractivity (Wildman–Crippen MR) is 91.8 cm³/mol. The maximum Gasteiger partial charge on any atom is 0.0288 e. The molecular weight excluding hydrogens is 262 g/mol. The molecule has 1 aliphatic heterocycles. The Balaban J connectivity index is 2.12. The summed E-state index contributed by atoms with van der Waals surface area (Å²) in [6.45, 7) is 10.3. The Kier molecular flexibility index (Phi) is 5.57. The van der Waals surface area contributed by atoms with Crippen LogP contribution >= 0.6 is 11.8 Å². The molecule has 0 spiro atoms. The van der Waals surface area contributed by atoms with Crippen molar-refractivity contribution in [3.05, 3.63) is 34.9 Å². The molecule has 2 heteroatoms. The van der Waals surface area contributed by atoms with Gasteiger partial charge in [0.15, 0.2) is 0 Å². The molecule has 0 aromatic heterocycles. The van der Waals surface area contributed by atoms with Gasteiger partial charge in [0.1, 0.15) is 0 Å². The smallest absolute Gasteiger partial charge is 0.0288 e. The molecule has 0 bridgehead atoms. The lowest BCUT2D eigenvalue weighted by atomic mass is 9.90. The van der Waals surface area contributed by atoms with Gasteiger partial charge in [-0.25, -0.2) is 0 Å². The van der Waals surface area contributed by atoms with Crippen molar-refractivity contribution in [2.45, 2.75) is 64.2 Å². The van der Waals surface area contributed by atoms with E-state index in [1.807, 2.05) is 0 Å². The summed E-state index contributed by atoms with van der Waals surface area (Å²) in [5, 5.41) is 3.81. The van der Waals surface area contributed by atoms with Gasteiger partial charge in [0.25, 0.3) is 0 Å². The van der Waals surface area contributed by atoms with E-state index < -0.39 is 0 Å². The zero-order valence-corrected chi connectivity index (χ0v) is 14.3. The van der Waals surface area contributed by atoms with Crippen molar-refractivity contribution in [1.29, 1.82) is 0 Å². The van der Waals surface area contributed by atoms with Gasteiger partial charge in [-0.2, -0.15) is 11.8 Å². The van der Waals surface area contributed by atoms with Gasteiger partial charge in [0.05, 0.1) is 0 Å². The molecule has 0 amide bonds. The zero-order chi connectivity index (χ0) is 14.6. The number of hydrogen-bond donors (Lipinski definition) is 1. The summed E-state index contributed by atoms with van der Waals surface area (Å²) in [6, 6.07) is 7.55. The molecule has 0 aliphatic carbocycles. The lowest BCUT2D eigenvalue weighted by Crippen LogP contribution is -2.47. The average Bonchev–Trinajstić information content (AvgIpc) is 2.86. The Morgan fingerprint density at radius 3 is 2.70 bits per heavy atom. The van der Waals surface area contributed by atoms with E-state index >= 15 is 0 Å². The summed E-state index contributed by atoms with van der Waals surface area (Å²) < 4.78 is 0.411. The van der Waals surface area contributed by atoms with E-state index in [2.05, 4.69) is 63.0 Å². The molecule has 1 fully saturated rings. The van der Waals surface area contributed by atoms with E-state index in [1.165, 1.54) is 41.7 Å². The first-order chi connectivity index (χ1) is 9.55. The number of rotatable bonds is 6. The number of hydrogen-bond acceptors (Lipinski definition) is 2. The van der Waals surface area contributed by atoms with Crippen LogP contribution in [0.1, 0.15) is 49.8 Å². The van der Waals surface area contributed by atoms with E-state index in [4.69, 9.17) is 0 Å². The highest BCUT2D eigenvalue weighted by molar-refractivity contribution is 8.00. The fraction of sp³-hybridized carbons (Fsp3) is 0.667. The third kappa shape index (κ3) is 3.79. The van der Waals surface area contributed by atoms with Gasteiger partial charge in [0.2, 0.25) is 0 Å². The lowest BCUT2D eigenvalue weighted by Gasteiger charge is -2.34. The number of benzene rings is 1. The van der Waals surface area contributed by atoms with Crippen molar-refractivity contribution in [2.75, 3.05) is 12.3 Å². The first kappa shape index (κ1) is 15.9. The van der Waals surface area contributed by atoms with Crippen LogP contribution in [-0.4, -0.2) is 23.1 Å². The summed E-state index contributed by atoms with van der Waals surface area (Å²) in [4.78, 5) is 0. The Hall–Kier alpha value is -0.470. The normalized spacial score (nSPS) is 24.0. The first-order valence-corrected chi connectivity index (χ1v) is 8.97. The van der Waals surface area contributed by atoms with Gasteiger partial charge in [-0.05, 0) is 75.4 Å². The Labute approximate surface area is 128 Å². The molecule has 1 nitrogen and oxygen atoms in total. The molecule has 2 atom stereocenters. The van der Waals surface area contributed by atoms with E-state index in [0.29, 0.717) is 10.8 Å². The molecule has 1 heterocycles. The summed E-state index contributed by atoms with van der Waals surface area (Å²) >= 11 is 2.17. The molecule has 112 valence electrons. The van der Waals surface area contributed by atoms with Gasteiger partial charge < -0.3 is 5.32 Å². The minimum Gasteiger partial charge on any atom is -0.312 e. The van der Waals surface area contributed by atoms with Crippen LogP contribution in [0.3, 0.4) is 0 Å². The van der Waals surface area contributed by atoms with Crippen LogP contribution in [-0.2, 0) is 6.42 Å². The van der Waals surface area contributed by atoms with Crippen LogP contribution < -0.4 is 5.32 Å². The lowest BCUT2D eigenvalue weighted by molar-refractivity contribution is 0.399. The topological polar surface area (TPSA) is 12.0 Å². The van der Waals surface area contributed by atoms with Gasteiger partial charge in [-0.3, -0.25) is 0 Å². The van der Waals surface area contributed by atoms with E-state index in [-0.39, 0.29) is 0 Å².